The Morgan fingerprint density at radius 1 is 1.12 bits per heavy atom. The Balaban J connectivity index is 1.55. The molecule has 2 amide bonds. The second kappa shape index (κ2) is 6.15. The van der Waals surface area contributed by atoms with Crippen LogP contribution in [0.3, 0.4) is 0 Å². The molecule has 2 aromatic rings. The van der Waals surface area contributed by atoms with Crippen LogP contribution < -0.4 is 0 Å². The Hall–Kier alpha value is -2.56. The molecule has 0 radical (unpaired) electrons. The van der Waals surface area contributed by atoms with Crippen molar-refractivity contribution in [1.82, 2.24) is 9.80 Å². The largest absolute Gasteiger partial charge is 0.472 e. The molecule has 1 aromatic carbocycles. The highest BCUT2D eigenvalue weighted by Crippen LogP contribution is 2.31. The third-order valence-corrected chi connectivity index (χ3v) is 5.04. The summed E-state index contributed by atoms with van der Waals surface area (Å²) in [6, 6.07) is 11.8. The minimum atomic E-state index is -0.0942. The summed E-state index contributed by atoms with van der Waals surface area (Å²) in [5, 5.41) is 0. The molecule has 0 N–H and O–H groups in total. The normalized spacial score (nSPS) is 23.4. The molecule has 3 aliphatic heterocycles. The van der Waals surface area contributed by atoms with Crippen LogP contribution in [0.25, 0.3) is 0 Å². The minimum Gasteiger partial charge on any atom is -0.472 e. The number of furan rings is 1. The van der Waals surface area contributed by atoms with Crippen molar-refractivity contribution in [2.24, 2.45) is 5.92 Å². The van der Waals surface area contributed by atoms with Crippen LogP contribution >= 0.6 is 0 Å². The topological polar surface area (TPSA) is 53.8 Å². The van der Waals surface area contributed by atoms with Gasteiger partial charge in [-0.2, -0.15) is 0 Å². The van der Waals surface area contributed by atoms with E-state index in [1.807, 2.05) is 40.1 Å². The molecule has 4 heterocycles. The highest BCUT2D eigenvalue weighted by Gasteiger charge is 2.41. The van der Waals surface area contributed by atoms with E-state index in [0.29, 0.717) is 25.2 Å². The van der Waals surface area contributed by atoms with Gasteiger partial charge < -0.3 is 14.2 Å². The van der Waals surface area contributed by atoms with Crippen LogP contribution in [0, 0.1) is 5.92 Å². The van der Waals surface area contributed by atoms with Crippen LogP contribution in [0.1, 0.15) is 28.8 Å². The zero-order valence-corrected chi connectivity index (χ0v) is 13.4. The first kappa shape index (κ1) is 15.0. The lowest BCUT2D eigenvalue weighted by molar-refractivity contribution is -0.140. The van der Waals surface area contributed by atoms with Gasteiger partial charge in [-0.3, -0.25) is 9.59 Å². The van der Waals surface area contributed by atoms with Gasteiger partial charge in [-0.1, -0.05) is 30.3 Å². The Morgan fingerprint density at radius 2 is 1.96 bits per heavy atom. The average Bonchev–Trinajstić information content (AvgIpc) is 3.01. The van der Waals surface area contributed by atoms with Crippen molar-refractivity contribution >= 4 is 11.8 Å². The van der Waals surface area contributed by atoms with E-state index in [2.05, 4.69) is 0 Å². The van der Waals surface area contributed by atoms with E-state index in [-0.39, 0.29) is 23.8 Å². The summed E-state index contributed by atoms with van der Waals surface area (Å²) in [5.74, 6) is 0.0379. The fraction of sp³-hybridized carbons (Fsp3) is 0.368. The summed E-state index contributed by atoms with van der Waals surface area (Å²) in [6.45, 7) is 1.72. The maximum absolute atomic E-state index is 12.8. The number of piperidine rings is 1. The third kappa shape index (κ3) is 2.70. The van der Waals surface area contributed by atoms with Gasteiger partial charge in [0.15, 0.2) is 0 Å². The third-order valence-electron chi connectivity index (χ3n) is 5.04. The van der Waals surface area contributed by atoms with E-state index in [1.165, 1.54) is 12.5 Å². The highest BCUT2D eigenvalue weighted by atomic mass is 16.3. The van der Waals surface area contributed by atoms with Crippen molar-refractivity contribution in [1.29, 1.82) is 0 Å². The van der Waals surface area contributed by atoms with Gasteiger partial charge in [-0.25, -0.2) is 0 Å². The van der Waals surface area contributed by atoms with Crippen LogP contribution in [0.4, 0.5) is 0 Å². The van der Waals surface area contributed by atoms with Crippen molar-refractivity contribution in [2.45, 2.75) is 25.4 Å². The summed E-state index contributed by atoms with van der Waals surface area (Å²) in [4.78, 5) is 29.3. The molecule has 5 heteroatoms. The predicted molar refractivity (Wildman–Crippen MR) is 88.1 cm³/mol. The molecule has 2 atom stereocenters. The number of nitrogens with zero attached hydrogens (tertiary/aromatic N) is 2. The number of hydrogen-bond acceptors (Lipinski definition) is 3. The van der Waals surface area contributed by atoms with Gasteiger partial charge >= 0.3 is 0 Å². The molecular weight excluding hydrogens is 304 g/mol. The Kier molecular flexibility index (Phi) is 3.84. The van der Waals surface area contributed by atoms with E-state index in [0.717, 1.165) is 18.4 Å². The van der Waals surface area contributed by atoms with Gasteiger partial charge in [0.1, 0.15) is 6.26 Å². The summed E-state index contributed by atoms with van der Waals surface area (Å²) in [7, 11) is 0. The SMILES string of the molecule is O=C(c1ccoc1)N1C[C@@H]2CC[C@H](C1)N(Cc1ccccc1)C2=O. The van der Waals surface area contributed by atoms with E-state index in [4.69, 9.17) is 4.42 Å². The summed E-state index contributed by atoms with van der Waals surface area (Å²) >= 11 is 0. The molecule has 3 fully saturated rings. The Morgan fingerprint density at radius 3 is 2.71 bits per heavy atom. The number of fused-ring (bicyclic) bond motifs is 4. The molecular formula is C19H20N2O3. The van der Waals surface area contributed by atoms with E-state index >= 15 is 0 Å². The molecule has 1 aromatic heterocycles. The molecule has 0 spiro atoms. The Bertz CT molecular complexity index is 726. The lowest BCUT2D eigenvalue weighted by atomic mass is 9.93. The number of hydrogen-bond donors (Lipinski definition) is 0. The number of rotatable bonds is 3. The molecule has 24 heavy (non-hydrogen) atoms. The molecule has 5 rings (SSSR count). The second-order valence-corrected chi connectivity index (χ2v) is 6.60. The standard InChI is InChI=1S/C19H20N2O3/c22-18(16-8-9-24-13-16)20-11-15-6-7-17(12-20)21(19(15)23)10-14-4-2-1-3-5-14/h1-5,8-9,13,15,17H,6-7,10-12H2/t15-,17+/m0/s1. The van der Waals surface area contributed by atoms with Crippen LogP contribution in [-0.4, -0.2) is 40.7 Å². The molecule has 3 saturated heterocycles. The van der Waals surface area contributed by atoms with Crippen molar-refractivity contribution in [2.75, 3.05) is 13.1 Å². The van der Waals surface area contributed by atoms with Crippen molar-refractivity contribution in [3.05, 3.63) is 60.1 Å². The first-order valence-electron chi connectivity index (χ1n) is 8.38. The van der Waals surface area contributed by atoms with E-state index in [1.54, 1.807) is 6.07 Å². The Labute approximate surface area is 140 Å². The first-order valence-corrected chi connectivity index (χ1v) is 8.38. The van der Waals surface area contributed by atoms with Crippen molar-refractivity contribution in [3.8, 4) is 0 Å². The molecule has 3 aliphatic rings. The van der Waals surface area contributed by atoms with Crippen LogP contribution in [0.15, 0.2) is 53.3 Å². The van der Waals surface area contributed by atoms with Gasteiger partial charge in [-0.05, 0) is 24.5 Å². The highest BCUT2D eigenvalue weighted by molar-refractivity contribution is 5.94. The quantitative estimate of drug-likeness (QED) is 0.872. The van der Waals surface area contributed by atoms with Gasteiger partial charge in [0.2, 0.25) is 5.91 Å². The lowest BCUT2D eigenvalue weighted by Crippen LogP contribution is -2.47. The zero-order valence-electron chi connectivity index (χ0n) is 13.4. The number of carbonyl (C=O) groups is 2. The molecule has 5 nitrogen and oxygen atoms in total. The predicted octanol–water partition coefficient (Wildman–Crippen LogP) is 2.54. The van der Waals surface area contributed by atoms with Crippen molar-refractivity contribution in [3.63, 3.8) is 0 Å². The molecule has 0 aliphatic carbocycles. The average molecular weight is 324 g/mol. The second-order valence-electron chi connectivity index (χ2n) is 6.60. The van der Waals surface area contributed by atoms with Gasteiger partial charge in [0, 0.05) is 25.7 Å². The van der Waals surface area contributed by atoms with Gasteiger partial charge in [0.25, 0.3) is 5.91 Å². The summed E-state index contributed by atoms with van der Waals surface area (Å²) in [6.07, 6.45) is 4.80. The smallest absolute Gasteiger partial charge is 0.257 e. The van der Waals surface area contributed by atoms with E-state index < -0.39 is 0 Å². The number of carbonyl (C=O) groups excluding carboxylic acids is 2. The summed E-state index contributed by atoms with van der Waals surface area (Å²) < 4.78 is 5.02. The van der Waals surface area contributed by atoms with Crippen molar-refractivity contribution < 1.29 is 14.0 Å². The maximum atomic E-state index is 12.8. The van der Waals surface area contributed by atoms with Crippen LogP contribution in [-0.2, 0) is 11.3 Å². The fourth-order valence-corrected chi connectivity index (χ4v) is 3.76. The maximum Gasteiger partial charge on any atom is 0.257 e. The fourth-order valence-electron chi connectivity index (χ4n) is 3.76. The van der Waals surface area contributed by atoms with Crippen LogP contribution in [0.5, 0.6) is 0 Å². The minimum absolute atomic E-state index is 0.0463. The lowest BCUT2D eigenvalue weighted by Gasteiger charge is -2.36. The first-order chi connectivity index (χ1) is 11.7. The number of amides is 2. The van der Waals surface area contributed by atoms with Gasteiger partial charge in [-0.15, -0.1) is 0 Å². The van der Waals surface area contributed by atoms with Gasteiger partial charge in [0.05, 0.1) is 17.7 Å². The molecule has 124 valence electrons. The zero-order chi connectivity index (χ0) is 16.5. The van der Waals surface area contributed by atoms with Crippen LogP contribution in [0.2, 0.25) is 0 Å². The number of benzene rings is 1. The van der Waals surface area contributed by atoms with E-state index in [9.17, 15) is 9.59 Å². The summed E-state index contributed by atoms with van der Waals surface area (Å²) in [5.41, 5.74) is 1.68. The molecule has 0 unspecified atom stereocenters. The molecule has 2 bridgehead atoms. The molecule has 0 saturated carbocycles. The monoisotopic (exact) mass is 324 g/mol.